The molecule has 1 fully saturated rings. The zero-order chi connectivity index (χ0) is 22.0. The summed E-state index contributed by atoms with van der Waals surface area (Å²) in [5, 5.41) is 3.32. The Bertz CT molecular complexity index is 1030. The molecule has 7 heteroatoms. The van der Waals surface area contributed by atoms with Crippen LogP contribution >= 0.6 is 11.6 Å². The van der Waals surface area contributed by atoms with Gasteiger partial charge in [0.15, 0.2) is 0 Å². The molecule has 162 valence electrons. The first kappa shape index (κ1) is 21.4. The van der Waals surface area contributed by atoms with E-state index in [-0.39, 0.29) is 18.4 Å². The SMILES string of the molecule is COc1ccc(C2=NC3(CCCCC3)N(CC(=O)Nc3ccc(C)cc3Cl)C2=O)cc1. The number of carbonyl (C=O) groups is 2. The molecule has 0 atom stereocenters. The summed E-state index contributed by atoms with van der Waals surface area (Å²) < 4.78 is 5.22. The largest absolute Gasteiger partial charge is 0.497 e. The van der Waals surface area contributed by atoms with E-state index in [2.05, 4.69) is 5.32 Å². The van der Waals surface area contributed by atoms with Crippen molar-refractivity contribution >= 4 is 34.8 Å². The maximum absolute atomic E-state index is 13.4. The van der Waals surface area contributed by atoms with E-state index in [9.17, 15) is 9.59 Å². The molecule has 1 spiro atoms. The molecule has 6 nitrogen and oxygen atoms in total. The average Bonchev–Trinajstić information content (AvgIpc) is 3.02. The normalized spacial score (nSPS) is 17.6. The number of nitrogens with zero attached hydrogens (tertiary/aromatic N) is 2. The number of rotatable bonds is 5. The highest BCUT2D eigenvalue weighted by molar-refractivity contribution is 6.47. The van der Waals surface area contributed by atoms with Crippen LogP contribution in [0, 0.1) is 6.92 Å². The van der Waals surface area contributed by atoms with Crippen LogP contribution in [-0.2, 0) is 9.59 Å². The van der Waals surface area contributed by atoms with Gasteiger partial charge in [0.05, 0.1) is 17.8 Å². The Labute approximate surface area is 187 Å². The van der Waals surface area contributed by atoms with Gasteiger partial charge in [-0.1, -0.05) is 24.1 Å². The van der Waals surface area contributed by atoms with Crippen LogP contribution in [0.4, 0.5) is 5.69 Å². The lowest BCUT2D eigenvalue weighted by Crippen LogP contribution is -2.51. The topological polar surface area (TPSA) is 71.0 Å². The number of nitrogens with one attached hydrogen (secondary N) is 1. The lowest BCUT2D eigenvalue weighted by molar-refractivity contribution is -0.134. The van der Waals surface area contributed by atoms with Gasteiger partial charge in [0, 0.05) is 5.56 Å². The van der Waals surface area contributed by atoms with Crippen molar-refractivity contribution in [3.63, 3.8) is 0 Å². The van der Waals surface area contributed by atoms with Crippen molar-refractivity contribution in [3.05, 3.63) is 58.6 Å². The lowest BCUT2D eigenvalue weighted by atomic mass is 9.88. The fraction of sp³-hybridized carbons (Fsp3) is 0.375. The van der Waals surface area contributed by atoms with Crippen LogP contribution in [0.1, 0.15) is 43.2 Å². The number of benzene rings is 2. The van der Waals surface area contributed by atoms with Gasteiger partial charge in [-0.15, -0.1) is 0 Å². The van der Waals surface area contributed by atoms with Crippen LogP contribution in [0.25, 0.3) is 0 Å². The monoisotopic (exact) mass is 439 g/mol. The van der Waals surface area contributed by atoms with Gasteiger partial charge in [-0.25, -0.2) is 0 Å². The predicted molar refractivity (Wildman–Crippen MR) is 122 cm³/mol. The van der Waals surface area contributed by atoms with Crippen LogP contribution < -0.4 is 10.1 Å². The van der Waals surface area contributed by atoms with Crippen molar-refractivity contribution < 1.29 is 14.3 Å². The van der Waals surface area contributed by atoms with Gasteiger partial charge >= 0.3 is 0 Å². The summed E-state index contributed by atoms with van der Waals surface area (Å²) in [4.78, 5) is 32.8. The van der Waals surface area contributed by atoms with E-state index in [1.807, 2.05) is 37.3 Å². The molecular formula is C24H26ClN3O3. The van der Waals surface area contributed by atoms with Gasteiger partial charge in [0.2, 0.25) is 5.91 Å². The van der Waals surface area contributed by atoms with Gasteiger partial charge in [-0.2, -0.15) is 0 Å². The molecule has 2 aliphatic rings. The molecule has 4 rings (SSSR count). The number of methoxy groups -OCH3 is 1. The summed E-state index contributed by atoms with van der Waals surface area (Å²) in [5.74, 6) is 0.223. The molecular weight excluding hydrogens is 414 g/mol. The molecule has 1 aliphatic heterocycles. The molecule has 0 saturated heterocycles. The molecule has 0 aromatic heterocycles. The van der Waals surface area contributed by atoms with E-state index >= 15 is 0 Å². The molecule has 0 unspecified atom stereocenters. The number of aryl methyl sites for hydroxylation is 1. The van der Waals surface area contributed by atoms with Crippen molar-refractivity contribution in [2.45, 2.75) is 44.7 Å². The highest BCUT2D eigenvalue weighted by Crippen LogP contribution is 2.39. The standard InChI is InChI=1S/C24H26ClN3O3/c1-16-6-11-20(19(25)14-16)26-21(29)15-28-23(30)22(17-7-9-18(31-2)10-8-17)27-24(28)12-4-3-5-13-24/h6-11,14H,3-5,12-13,15H2,1-2H3,(H,26,29). The minimum absolute atomic E-state index is 0.0633. The minimum Gasteiger partial charge on any atom is -0.497 e. The van der Waals surface area contributed by atoms with E-state index in [1.165, 1.54) is 0 Å². The van der Waals surface area contributed by atoms with Crippen LogP contribution in [0.15, 0.2) is 47.5 Å². The Hall–Kier alpha value is -2.86. The third-order valence-electron chi connectivity index (χ3n) is 5.99. The number of ether oxygens (including phenoxy) is 1. The van der Waals surface area contributed by atoms with Crippen molar-refractivity contribution in [3.8, 4) is 5.75 Å². The average molecular weight is 440 g/mol. The molecule has 1 aliphatic carbocycles. The maximum atomic E-state index is 13.4. The molecule has 0 bridgehead atoms. The van der Waals surface area contributed by atoms with Crippen LogP contribution in [0.5, 0.6) is 5.75 Å². The number of anilines is 1. The van der Waals surface area contributed by atoms with E-state index in [4.69, 9.17) is 21.3 Å². The number of halogens is 1. The minimum atomic E-state index is -0.654. The Kier molecular flexibility index (Phi) is 6.01. The van der Waals surface area contributed by atoms with E-state index in [1.54, 1.807) is 24.1 Å². The molecule has 2 aromatic carbocycles. The van der Waals surface area contributed by atoms with Crippen molar-refractivity contribution in [2.24, 2.45) is 4.99 Å². The first-order valence-electron chi connectivity index (χ1n) is 10.5. The fourth-order valence-corrected chi connectivity index (χ4v) is 4.63. The molecule has 1 saturated carbocycles. The first-order chi connectivity index (χ1) is 14.9. The Balaban J connectivity index is 1.58. The molecule has 31 heavy (non-hydrogen) atoms. The first-order valence-corrected chi connectivity index (χ1v) is 10.9. The summed E-state index contributed by atoms with van der Waals surface area (Å²) >= 11 is 6.26. The third kappa shape index (κ3) is 4.30. The van der Waals surface area contributed by atoms with E-state index < -0.39 is 5.66 Å². The Morgan fingerprint density at radius 1 is 1.16 bits per heavy atom. The zero-order valence-electron chi connectivity index (χ0n) is 17.8. The smallest absolute Gasteiger partial charge is 0.275 e. The molecule has 1 N–H and O–H groups in total. The van der Waals surface area contributed by atoms with Crippen molar-refractivity contribution in [1.29, 1.82) is 0 Å². The molecule has 1 heterocycles. The van der Waals surface area contributed by atoms with Crippen LogP contribution in [0.2, 0.25) is 5.02 Å². The summed E-state index contributed by atoms with van der Waals surface area (Å²) in [6.07, 6.45) is 4.60. The lowest BCUT2D eigenvalue weighted by Gasteiger charge is -2.38. The summed E-state index contributed by atoms with van der Waals surface area (Å²) in [6, 6.07) is 12.8. The highest BCUT2D eigenvalue weighted by Gasteiger charge is 2.48. The maximum Gasteiger partial charge on any atom is 0.275 e. The summed E-state index contributed by atoms with van der Waals surface area (Å²) in [5.41, 5.74) is 2.04. The second-order valence-corrected chi connectivity index (χ2v) is 8.56. The summed E-state index contributed by atoms with van der Waals surface area (Å²) in [7, 11) is 1.60. The van der Waals surface area contributed by atoms with Gasteiger partial charge in [-0.05, 0) is 74.6 Å². The van der Waals surface area contributed by atoms with E-state index in [0.717, 1.165) is 43.2 Å². The number of hydrogen-bond acceptors (Lipinski definition) is 4. The van der Waals surface area contributed by atoms with Gasteiger partial charge in [-0.3, -0.25) is 14.6 Å². The second kappa shape index (κ2) is 8.71. The number of hydrogen-bond donors (Lipinski definition) is 1. The van der Waals surface area contributed by atoms with Gasteiger partial charge in [0.25, 0.3) is 5.91 Å². The van der Waals surface area contributed by atoms with Gasteiger partial charge in [0.1, 0.15) is 23.7 Å². The number of amides is 2. The Morgan fingerprint density at radius 3 is 2.52 bits per heavy atom. The van der Waals surface area contributed by atoms with Crippen LogP contribution in [0.3, 0.4) is 0 Å². The molecule has 2 aromatic rings. The molecule has 0 radical (unpaired) electrons. The third-order valence-corrected chi connectivity index (χ3v) is 6.30. The highest BCUT2D eigenvalue weighted by atomic mass is 35.5. The summed E-state index contributed by atoms with van der Waals surface area (Å²) in [6.45, 7) is 1.87. The quantitative estimate of drug-likeness (QED) is 0.740. The fourth-order valence-electron chi connectivity index (χ4n) is 4.34. The predicted octanol–water partition coefficient (Wildman–Crippen LogP) is 4.59. The second-order valence-electron chi connectivity index (χ2n) is 8.15. The van der Waals surface area contributed by atoms with E-state index in [0.29, 0.717) is 22.2 Å². The van der Waals surface area contributed by atoms with Crippen molar-refractivity contribution in [1.82, 2.24) is 4.90 Å². The van der Waals surface area contributed by atoms with Crippen molar-refractivity contribution in [2.75, 3.05) is 19.0 Å². The Morgan fingerprint density at radius 2 is 1.87 bits per heavy atom. The number of aliphatic imine (C=N–C) groups is 1. The molecule has 2 amide bonds. The zero-order valence-corrected chi connectivity index (χ0v) is 18.5. The van der Waals surface area contributed by atoms with Crippen LogP contribution in [-0.4, -0.2) is 41.7 Å². The van der Waals surface area contributed by atoms with Gasteiger partial charge < -0.3 is 15.0 Å². The number of carbonyl (C=O) groups excluding carboxylic acids is 2.